The van der Waals surface area contributed by atoms with Crippen molar-refractivity contribution in [3.63, 3.8) is 0 Å². The zero-order chi connectivity index (χ0) is 21.0. The molecular weight excluding hydrogens is 398 g/mol. The van der Waals surface area contributed by atoms with Crippen LogP contribution in [0.25, 0.3) is 0 Å². The number of fused-ring (bicyclic) bond motifs is 1. The van der Waals surface area contributed by atoms with Crippen LogP contribution in [0.15, 0.2) is 16.9 Å². The fraction of sp³-hybridized carbons (Fsp3) is 0.421. The topological polar surface area (TPSA) is 127 Å². The lowest BCUT2D eigenvalue weighted by atomic mass is 9.88. The van der Waals surface area contributed by atoms with Crippen LogP contribution in [0.3, 0.4) is 0 Å². The van der Waals surface area contributed by atoms with Crippen molar-refractivity contribution in [1.29, 1.82) is 0 Å². The number of carbonyl (C=O) groups excluding carboxylic acids is 3. The molecule has 0 aliphatic heterocycles. The molecule has 3 rings (SSSR count). The molecule has 2 aromatic rings. The van der Waals surface area contributed by atoms with Crippen LogP contribution in [0.1, 0.15) is 51.6 Å². The Labute approximate surface area is 170 Å². The highest BCUT2D eigenvalue weighted by atomic mass is 32.1. The maximum atomic E-state index is 12.5. The minimum absolute atomic E-state index is 0.120. The Bertz CT molecular complexity index is 976. The monoisotopic (exact) mass is 419 g/mol. The first kappa shape index (κ1) is 20.7. The number of hydrogen-bond acceptors (Lipinski definition) is 8. The van der Waals surface area contributed by atoms with E-state index in [1.54, 1.807) is 6.92 Å². The van der Waals surface area contributed by atoms with E-state index in [0.29, 0.717) is 16.5 Å². The molecule has 154 valence electrons. The number of carbonyl (C=O) groups is 3. The fourth-order valence-electron chi connectivity index (χ4n) is 3.08. The van der Waals surface area contributed by atoms with E-state index in [4.69, 9.17) is 9.47 Å². The summed E-state index contributed by atoms with van der Waals surface area (Å²) < 4.78 is 10.1. The molecular formula is C19H21N3O6S. The van der Waals surface area contributed by atoms with Crippen LogP contribution in [0, 0.1) is 5.92 Å². The summed E-state index contributed by atoms with van der Waals surface area (Å²) in [5.74, 6) is -1.39. The first-order valence-corrected chi connectivity index (χ1v) is 10.0. The van der Waals surface area contributed by atoms with Gasteiger partial charge in [0.05, 0.1) is 12.2 Å². The van der Waals surface area contributed by atoms with Gasteiger partial charge in [0.2, 0.25) is 0 Å². The number of nitrogens with one attached hydrogen (secondary N) is 2. The number of rotatable bonds is 6. The normalized spacial score (nSPS) is 15.3. The second-order valence-electron chi connectivity index (χ2n) is 6.71. The van der Waals surface area contributed by atoms with Crippen LogP contribution in [-0.4, -0.2) is 41.3 Å². The number of hydrogen-bond donors (Lipinski definition) is 2. The van der Waals surface area contributed by atoms with Crippen LogP contribution in [0.4, 0.5) is 5.00 Å². The molecule has 10 heteroatoms. The molecule has 2 N–H and O–H groups in total. The molecule has 1 aliphatic rings. The van der Waals surface area contributed by atoms with Gasteiger partial charge in [-0.05, 0) is 43.7 Å². The van der Waals surface area contributed by atoms with E-state index in [1.165, 1.54) is 17.4 Å². The number of H-pyrrole nitrogens is 1. The number of aromatic amines is 1. The van der Waals surface area contributed by atoms with E-state index in [-0.39, 0.29) is 12.3 Å². The summed E-state index contributed by atoms with van der Waals surface area (Å²) in [4.78, 5) is 48.7. The molecule has 0 bridgehead atoms. The number of aromatic nitrogens is 2. The highest BCUT2D eigenvalue weighted by molar-refractivity contribution is 7.17. The molecule has 0 spiro atoms. The molecule has 2 heterocycles. The average molecular weight is 419 g/mol. The Balaban J connectivity index is 1.70. The third-order valence-electron chi connectivity index (χ3n) is 4.47. The number of esters is 2. The molecule has 29 heavy (non-hydrogen) atoms. The van der Waals surface area contributed by atoms with Gasteiger partial charge in [-0.3, -0.25) is 9.59 Å². The van der Waals surface area contributed by atoms with Gasteiger partial charge < -0.3 is 14.8 Å². The molecule has 1 aliphatic carbocycles. The number of nitrogens with zero attached hydrogens (tertiary/aromatic N) is 1. The van der Waals surface area contributed by atoms with Gasteiger partial charge in [-0.15, -0.1) is 11.3 Å². The van der Waals surface area contributed by atoms with Gasteiger partial charge in [0, 0.05) is 10.9 Å². The van der Waals surface area contributed by atoms with Crippen LogP contribution in [0.5, 0.6) is 0 Å². The number of amides is 1. The Hall–Kier alpha value is -3.01. The lowest BCUT2D eigenvalue weighted by Gasteiger charge is -2.18. The third-order valence-corrected chi connectivity index (χ3v) is 5.64. The van der Waals surface area contributed by atoms with Gasteiger partial charge in [-0.25, -0.2) is 14.7 Å². The quantitative estimate of drug-likeness (QED) is 0.685. The predicted molar refractivity (Wildman–Crippen MR) is 105 cm³/mol. The minimum atomic E-state index is -0.846. The molecule has 2 aromatic heterocycles. The Kier molecular flexibility index (Phi) is 6.42. The van der Waals surface area contributed by atoms with Gasteiger partial charge in [-0.2, -0.15) is 5.10 Å². The zero-order valence-corrected chi connectivity index (χ0v) is 16.9. The fourth-order valence-corrected chi connectivity index (χ4v) is 4.50. The predicted octanol–water partition coefficient (Wildman–Crippen LogP) is 1.93. The van der Waals surface area contributed by atoms with Crippen molar-refractivity contribution in [2.24, 2.45) is 5.92 Å². The minimum Gasteiger partial charge on any atom is -0.462 e. The summed E-state index contributed by atoms with van der Waals surface area (Å²) in [6.45, 7) is 3.55. The molecule has 0 radical (unpaired) electrons. The Morgan fingerprint density at radius 1 is 1.28 bits per heavy atom. The second kappa shape index (κ2) is 8.99. The Morgan fingerprint density at radius 3 is 2.76 bits per heavy atom. The first-order chi connectivity index (χ1) is 13.9. The van der Waals surface area contributed by atoms with Crippen molar-refractivity contribution in [2.45, 2.75) is 33.1 Å². The van der Waals surface area contributed by atoms with Crippen LogP contribution in [-0.2, 0) is 27.1 Å². The summed E-state index contributed by atoms with van der Waals surface area (Å²) in [6, 6.07) is 2.33. The van der Waals surface area contributed by atoms with E-state index in [1.807, 2.05) is 0 Å². The van der Waals surface area contributed by atoms with Crippen molar-refractivity contribution in [3.05, 3.63) is 44.2 Å². The van der Waals surface area contributed by atoms with Gasteiger partial charge in [0.25, 0.3) is 11.5 Å². The summed E-state index contributed by atoms with van der Waals surface area (Å²) in [5.41, 5.74) is 0.740. The van der Waals surface area contributed by atoms with E-state index in [2.05, 4.69) is 22.4 Å². The number of ether oxygens (including phenoxy) is 2. The molecule has 0 aromatic carbocycles. The van der Waals surface area contributed by atoms with Crippen molar-refractivity contribution in [3.8, 4) is 0 Å². The molecule has 0 saturated heterocycles. The molecule has 0 fully saturated rings. The summed E-state index contributed by atoms with van der Waals surface area (Å²) in [7, 11) is 0. The van der Waals surface area contributed by atoms with Gasteiger partial charge in [0.1, 0.15) is 5.00 Å². The van der Waals surface area contributed by atoms with Crippen LogP contribution in [0.2, 0.25) is 0 Å². The van der Waals surface area contributed by atoms with Crippen molar-refractivity contribution in [1.82, 2.24) is 10.2 Å². The number of anilines is 1. The van der Waals surface area contributed by atoms with Crippen molar-refractivity contribution < 1.29 is 23.9 Å². The smallest absolute Gasteiger partial charge is 0.359 e. The summed E-state index contributed by atoms with van der Waals surface area (Å²) >= 11 is 1.36. The highest BCUT2D eigenvalue weighted by Gasteiger charge is 2.29. The third kappa shape index (κ3) is 4.89. The highest BCUT2D eigenvalue weighted by Crippen LogP contribution is 2.40. The maximum absolute atomic E-state index is 12.5. The summed E-state index contributed by atoms with van der Waals surface area (Å²) in [6.07, 6.45) is 2.56. The van der Waals surface area contributed by atoms with Gasteiger partial charge in [0.15, 0.2) is 12.3 Å². The van der Waals surface area contributed by atoms with E-state index in [9.17, 15) is 19.2 Å². The SMILES string of the molecule is CCOC(=O)c1c(NC(=O)COC(=O)c2ccc(=O)[nH]n2)sc2c1CC[C@@H](C)C2. The first-order valence-electron chi connectivity index (χ1n) is 9.23. The molecule has 1 amide bonds. The zero-order valence-electron chi connectivity index (χ0n) is 16.1. The molecule has 0 unspecified atom stereocenters. The lowest BCUT2D eigenvalue weighted by Crippen LogP contribution is -2.23. The molecule has 9 nitrogen and oxygen atoms in total. The van der Waals surface area contributed by atoms with Crippen LogP contribution < -0.4 is 10.9 Å². The standard InChI is InChI=1S/C19H21N3O6S/c1-3-27-19(26)16-11-5-4-10(2)8-13(11)29-17(16)20-15(24)9-28-18(25)12-6-7-14(23)22-21-12/h6-7,10H,3-5,8-9H2,1-2H3,(H,20,24)(H,22,23)/t10-/m1/s1. The summed E-state index contributed by atoms with van der Waals surface area (Å²) in [5, 5.41) is 8.73. The maximum Gasteiger partial charge on any atom is 0.359 e. The Morgan fingerprint density at radius 2 is 2.07 bits per heavy atom. The van der Waals surface area contributed by atoms with E-state index >= 15 is 0 Å². The van der Waals surface area contributed by atoms with Crippen molar-refractivity contribution in [2.75, 3.05) is 18.5 Å². The van der Waals surface area contributed by atoms with Crippen molar-refractivity contribution >= 4 is 34.2 Å². The van der Waals surface area contributed by atoms with E-state index < -0.39 is 30.0 Å². The second-order valence-corrected chi connectivity index (χ2v) is 7.81. The van der Waals surface area contributed by atoms with E-state index in [0.717, 1.165) is 35.8 Å². The van der Waals surface area contributed by atoms with Gasteiger partial charge >= 0.3 is 11.9 Å². The number of thiophene rings is 1. The molecule has 1 atom stereocenters. The van der Waals surface area contributed by atoms with Crippen LogP contribution >= 0.6 is 11.3 Å². The van der Waals surface area contributed by atoms with Gasteiger partial charge in [-0.1, -0.05) is 6.92 Å². The largest absolute Gasteiger partial charge is 0.462 e. The molecule has 0 saturated carbocycles. The average Bonchev–Trinajstić information content (AvgIpc) is 3.03. The lowest BCUT2D eigenvalue weighted by molar-refractivity contribution is -0.119.